The molecular formula is C8H11BrN2O2S. The van der Waals surface area contributed by atoms with Gasteiger partial charge in [0.25, 0.3) is 10.2 Å². The van der Waals surface area contributed by atoms with Gasteiger partial charge in [0, 0.05) is 4.47 Å². The molecule has 0 radical (unpaired) electrons. The van der Waals surface area contributed by atoms with Crippen molar-refractivity contribution in [3.63, 3.8) is 0 Å². The first-order chi connectivity index (χ1) is 6.29. The lowest BCUT2D eigenvalue weighted by molar-refractivity contribution is 0.603. The van der Waals surface area contributed by atoms with E-state index in [0.717, 1.165) is 15.6 Å². The molecule has 0 heterocycles. The van der Waals surface area contributed by atoms with Crippen molar-refractivity contribution in [3.8, 4) is 0 Å². The van der Waals surface area contributed by atoms with Crippen LogP contribution >= 0.6 is 15.9 Å². The number of halogens is 1. The molecule has 0 amide bonds. The molecule has 0 aliphatic heterocycles. The first-order valence-corrected chi connectivity index (χ1v) is 6.21. The minimum Gasteiger partial charge on any atom is -0.271 e. The molecule has 6 heteroatoms. The number of nitrogens with two attached hydrogens (primary N) is 1. The van der Waals surface area contributed by atoms with Gasteiger partial charge in [-0.05, 0) is 37.1 Å². The zero-order valence-electron chi connectivity index (χ0n) is 7.83. The molecular weight excluding hydrogens is 268 g/mol. The summed E-state index contributed by atoms with van der Waals surface area (Å²) in [6.07, 6.45) is 0. The van der Waals surface area contributed by atoms with Gasteiger partial charge in [-0.25, -0.2) is 5.14 Å². The SMILES string of the molecule is Cc1cc(NS(N)(=O)=O)cc(C)c1Br. The van der Waals surface area contributed by atoms with Gasteiger partial charge in [-0.3, -0.25) is 4.72 Å². The van der Waals surface area contributed by atoms with Crippen LogP contribution < -0.4 is 9.86 Å². The monoisotopic (exact) mass is 278 g/mol. The first kappa shape index (κ1) is 11.5. The molecule has 0 spiro atoms. The van der Waals surface area contributed by atoms with Crippen LogP contribution in [0.2, 0.25) is 0 Å². The lowest BCUT2D eigenvalue weighted by Gasteiger charge is -2.08. The van der Waals surface area contributed by atoms with Crippen molar-refractivity contribution in [2.45, 2.75) is 13.8 Å². The summed E-state index contributed by atoms with van der Waals surface area (Å²) in [5.74, 6) is 0. The second kappa shape index (κ2) is 3.88. The van der Waals surface area contributed by atoms with Crippen molar-refractivity contribution in [1.29, 1.82) is 0 Å². The van der Waals surface area contributed by atoms with E-state index < -0.39 is 10.2 Å². The number of benzene rings is 1. The topological polar surface area (TPSA) is 72.2 Å². The van der Waals surface area contributed by atoms with Crippen molar-refractivity contribution >= 4 is 31.8 Å². The highest BCUT2D eigenvalue weighted by atomic mass is 79.9. The molecule has 14 heavy (non-hydrogen) atoms. The normalized spacial score (nSPS) is 11.4. The zero-order chi connectivity index (χ0) is 10.9. The van der Waals surface area contributed by atoms with Gasteiger partial charge in [0.15, 0.2) is 0 Å². The highest BCUT2D eigenvalue weighted by Gasteiger charge is 2.06. The van der Waals surface area contributed by atoms with E-state index in [0.29, 0.717) is 5.69 Å². The molecule has 4 nitrogen and oxygen atoms in total. The highest BCUT2D eigenvalue weighted by molar-refractivity contribution is 9.10. The molecule has 0 bridgehead atoms. The highest BCUT2D eigenvalue weighted by Crippen LogP contribution is 2.25. The third-order valence-electron chi connectivity index (χ3n) is 1.70. The van der Waals surface area contributed by atoms with Crippen LogP contribution in [0.3, 0.4) is 0 Å². The smallest absolute Gasteiger partial charge is 0.271 e. The van der Waals surface area contributed by atoms with Gasteiger partial charge < -0.3 is 0 Å². The molecule has 1 aromatic carbocycles. The largest absolute Gasteiger partial charge is 0.296 e. The summed E-state index contributed by atoms with van der Waals surface area (Å²) in [5.41, 5.74) is 2.39. The van der Waals surface area contributed by atoms with Crippen molar-refractivity contribution in [2.75, 3.05) is 4.72 Å². The van der Waals surface area contributed by atoms with Crippen LogP contribution in [0.4, 0.5) is 5.69 Å². The predicted molar refractivity (Wildman–Crippen MR) is 60.3 cm³/mol. The Hall–Kier alpha value is -0.590. The van der Waals surface area contributed by atoms with Crippen LogP contribution in [0, 0.1) is 13.8 Å². The number of aryl methyl sites for hydroxylation is 2. The second-order valence-corrected chi connectivity index (χ2v) is 5.16. The quantitative estimate of drug-likeness (QED) is 0.864. The van der Waals surface area contributed by atoms with Gasteiger partial charge in [0.05, 0.1) is 5.69 Å². The fraction of sp³-hybridized carbons (Fsp3) is 0.250. The van der Waals surface area contributed by atoms with Crippen LogP contribution in [0.15, 0.2) is 16.6 Å². The number of nitrogens with one attached hydrogen (secondary N) is 1. The van der Waals surface area contributed by atoms with E-state index in [2.05, 4.69) is 20.7 Å². The lowest BCUT2D eigenvalue weighted by atomic mass is 10.1. The molecule has 0 aliphatic carbocycles. The second-order valence-electron chi connectivity index (χ2n) is 3.07. The molecule has 3 N–H and O–H groups in total. The van der Waals surface area contributed by atoms with Crippen LogP contribution in [0.5, 0.6) is 0 Å². The summed E-state index contributed by atoms with van der Waals surface area (Å²) in [7, 11) is -3.69. The summed E-state index contributed by atoms with van der Waals surface area (Å²) in [4.78, 5) is 0. The summed E-state index contributed by atoms with van der Waals surface area (Å²) in [6.45, 7) is 3.76. The molecule has 0 aliphatic rings. The maximum Gasteiger partial charge on any atom is 0.296 e. The summed E-state index contributed by atoms with van der Waals surface area (Å²) < 4.78 is 24.7. The number of hydrogen-bond acceptors (Lipinski definition) is 2. The van der Waals surface area contributed by atoms with E-state index in [1.54, 1.807) is 12.1 Å². The first-order valence-electron chi connectivity index (χ1n) is 3.87. The Morgan fingerprint density at radius 3 is 2.07 bits per heavy atom. The molecule has 1 aromatic rings. The molecule has 0 aromatic heterocycles. The van der Waals surface area contributed by atoms with Crippen LogP contribution in [0.1, 0.15) is 11.1 Å². The predicted octanol–water partition coefficient (Wildman–Crippen LogP) is 1.68. The Kier molecular flexibility index (Phi) is 3.18. The van der Waals surface area contributed by atoms with Gasteiger partial charge in [-0.15, -0.1) is 0 Å². The van der Waals surface area contributed by atoms with Crippen molar-refractivity contribution in [1.82, 2.24) is 0 Å². The Morgan fingerprint density at radius 1 is 1.29 bits per heavy atom. The fourth-order valence-electron chi connectivity index (χ4n) is 1.17. The van der Waals surface area contributed by atoms with E-state index in [4.69, 9.17) is 5.14 Å². The molecule has 0 saturated carbocycles. The average Bonchev–Trinajstić information content (AvgIpc) is 1.96. The number of rotatable bonds is 2. The fourth-order valence-corrected chi connectivity index (χ4v) is 1.84. The van der Waals surface area contributed by atoms with E-state index in [1.165, 1.54) is 0 Å². The van der Waals surface area contributed by atoms with E-state index in [1.807, 2.05) is 13.8 Å². The van der Waals surface area contributed by atoms with Crippen LogP contribution in [0.25, 0.3) is 0 Å². The van der Waals surface area contributed by atoms with Gasteiger partial charge in [-0.1, -0.05) is 15.9 Å². The number of anilines is 1. The molecule has 1 rings (SSSR count). The minimum atomic E-state index is -3.69. The van der Waals surface area contributed by atoms with Crippen molar-refractivity contribution in [3.05, 3.63) is 27.7 Å². The standard InChI is InChI=1S/C8H11BrN2O2S/c1-5-3-7(11-14(10,12)13)4-6(2)8(5)9/h3-4,11H,1-2H3,(H2,10,12,13). The third-order valence-corrected chi connectivity index (χ3v) is 3.47. The average molecular weight is 279 g/mol. The zero-order valence-corrected chi connectivity index (χ0v) is 10.2. The summed E-state index contributed by atoms with van der Waals surface area (Å²) >= 11 is 3.38. The van der Waals surface area contributed by atoms with Gasteiger partial charge in [0.2, 0.25) is 0 Å². The molecule has 0 saturated heterocycles. The lowest BCUT2D eigenvalue weighted by Crippen LogP contribution is -2.21. The summed E-state index contributed by atoms with van der Waals surface area (Å²) in [6, 6.07) is 3.42. The van der Waals surface area contributed by atoms with E-state index >= 15 is 0 Å². The van der Waals surface area contributed by atoms with Crippen molar-refractivity contribution in [2.24, 2.45) is 5.14 Å². The van der Waals surface area contributed by atoms with E-state index in [9.17, 15) is 8.42 Å². The van der Waals surface area contributed by atoms with Gasteiger partial charge >= 0.3 is 0 Å². The molecule has 78 valence electrons. The maximum atomic E-state index is 10.8. The Morgan fingerprint density at radius 2 is 1.71 bits per heavy atom. The molecule has 0 fully saturated rings. The van der Waals surface area contributed by atoms with Crippen LogP contribution in [-0.4, -0.2) is 8.42 Å². The Balaban J connectivity index is 3.14. The van der Waals surface area contributed by atoms with Crippen LogP contribution in [-0.2, 0) is 10.2 Å². The summed E-state index contributed by atoms with van der Waals surface area (Å²) in [5, 5.41) is 4.86. The molecule has 0 unspecified atom stereocenters. The minimum absolute atomic E-state index is 0.478. The van der Waals surface area contributed by atoms with E-state index in [-0.39, 0.29) is 0 Å². The van der Waals surface area contributed by atoms with Gasteiger partial charge in [-0.2, -0.15) is 8.42 Å². The number of hydrogen-bond donors (Lipinski definition) is 2. The molecule has 0 atom stereocenters. The Labute approximate surface area is 91.8 Å². The Bertz CT molecular complexity index is 433. The maximum absolute atomic E-state index is 10.8. The third kappa shape index (κ3) is 2.97. The van der Waals surface area contributed by atoms with Crippen molar-refractivity contribution < 1.29 is 8.42 Å². The van der Waals surface area contributed by atoms with Gasteiger partial charge in [0.1, 0.15) is 0 Å².